The van der Waals surface area contributed by atoms with Crippen molar-refractivity contribution >= 4 is 0 Å². The highest BCUT2D eigenvalue weighted by molar-refractivity contribution is 5.19. The first-order valence-electron chi connectivity index (χ1n) is 6.08. The zero-order chi connectivity index (χ0) is 12.0. The molecule has 0 bridgehead atoms. The third-order valence-electron chi connectivity index (χ3n) is 2.76. The van der Waals surface area contributed by atoms with Crippen LogP contribution in [0.4, 0.5) is 4.39 Å². The van der Waals surface area contributed by atoms with E-state index < -0.39 is 0 Å². The standard InChI is InChI=1S/C14H22FN/c1-11(2)6-5-9-16-12(3)13-7-4-8-14(15)10-13/h4,7-8,10-12,16H,5-6,9H2,1-3H3/t12-/m0/s1. The normalized spacial score (nSPS) is 13.1. The van der Waals surface area contributed by atoms with Crippen LogP contribution in [0.5, 0.6) is 0 Å². The van der Waals surface area contributed by atoms with E-state index in [9.17, 15) is 4.39 Å². The van der Waals surface area contributed by atoms with Crippen molar-refractivity contribution in [3.8, 4) is 0 Å². The molecule has 1 atom stereocenters. The molecule has 0 heterocycles. The van der Waals surface area contributed by atoms with Crippen LogP contribution in [0.3, 0.4) is 0 Å². The summed E-state index contributed by atoms with van der Waals surface area (Å²) in [6, 6.07) is 7.03. The maximum atomic E-state index is 13.0. The van der Waals surface area contributed by atoms with Gasteiger partial charge in [0.2, 0.25) is 0 Å². The van der Waals surface area contributed by atoms with Gasteiger partial charge in [0.1, 0.15) is 5.82 Å². The van der Waals surface area contributed by atoms with E-state index in [-0.39, 0.29) is 11.9 Å². The number of halogens is 1. The fourth-order valence-electron chi connectivity index (χ4n) is 1.72. The Hall–Kier alpha value is -0.890. The SMILES string of the molecule is CC(C)CCCN[C@@H](C)c1cccc(F)c1. The quantitative estimate of drug-likeness (QED) is 0.721. The van der Waals surface area contributed by atoms with Crippen LogP contribution in [0.1, 0.15) is 45.2 Å². The van der Waals surface area contributed by atoms with Crippen molar-refractivity contribution in [3.63, 3.8) is 0 Å². The van der Waals surface area contributed by atoms with Crippen molar-refractivity contribution in [2.75, 3.05) is 6.54 Å². The summed E-state index contributed by atoms with van der Waals surface area (Å²) in [5.41, 5.74) is 1.02. The lowest BCUT2D eigenvalue weighted by Crippen LogP contribution is -2.20. The molecule has 0 unspecified atom stereocenters. The van der Waals surface area contributed by atoms with Gasteiger partial charge in [-0.15, -0.1) is 0 Å². The van der Waals surface area contributed by atoms with Gasteiger partial charge in [-0.3, -0.25) is 0 Å². The first-order valence-corrected chi connectivity index (χ1v) is 6.08. The van der Waals surface area contributed by atoms with Gasteiger partial charge in [-0.25, -0.2) is 4.39 Å². The topological polar surface area (TPSA) is 12.0 Å². The number of hydrogen-bond donors (Lipinski definition) is 1. The van der Waals surface area contributed by atoms with Crippen molar-refractivity contribution in [1.82, 2.24) is 5.32 Å². The Morgan fingerprint density at radius 3 is 2.62 bits per heavy atom. The average molecular weight is 223 g/mol. The lowest BCUT2D eigenvalue weighted by atomic mass is 10.1. The molecule has 16 heavy (non-hydrogen) atoms. The monoisotopic (exact) mass is 223 g/mol. The van der Waals surface area contributed by atoms with Gasteiger partial charge < -0.3 is 5.32 Å². The lowest BCUT2D eigenvalue weighted by Gasteiger charge is -2.14. The predicted octanol–water partition coefficient (Wildman–Crippen LogP) is 3.91. The molecule has 0 aliphatic heterocycles. The molecule has 1 nitrogen and oxygen atoms in total. The van der Waals surface area contributed by atoms with Crippen molar-refractivity contribution < 1.29 is 4.39 Å². The van der Waals surface area contributed by atoms with E-state index in [1.54, 1.807) is 12.1 Å². The zero-order valence-electron chi connectivity index (χ0n) is 10.5. The second-order valence-corrected chi connectivity index (χ2v) is 4.77. The van der Waals surface area contributed by atoms with Crippen LogP contribution < -0.4 is 5.32 Å². The van der Waals surface area contributed by atoms with Gasteiger partial charge in [-0.1, -0.05) is 26.0 Å². The van der Waals surface area contributed by atoms with Gasteiger partial charge in [0.15, 0.2) is 0 Å². The van der Waals surface area contributed by atoms with Crippen molar-refractivity contribution in [1.29, 1.82) is 0 Å². The van der Waals surface area contributed by atoms with Crippen LogP contribution in [0, 0.1) is 11.7 Å². The van der Waals surface area contributed by atoms with Crippen molar-refractivity contribution in [2.45, 2.75) is 39.7 Å². The van der Waals surface area contributed by atoms with Crippen LogP contribution >= 0.6 is 0 Å². The van der Waals surface area contributed by atoms with Gasteiger partial charge in [0.05, 0.1) is 0 Å². The first-order chi connectivity index (χ1) is 7.59. The van der Waals surface area contributed by atoms with Gasteiger partial charge in [0, 0.05) is 6.04 Å². The van der Waals surface area contributed by atoms with Crippen LogP contribution in [0.15, 0.2) is 24.3 Å². The molecule has 90 valence electrons. The van der Waals surface area contributed by atoms with E-state index in [2.05, 4.69) is 26.1 Å². The average Bonchev–Trinajstić information content (AvgIpc) is 2.24. The minimum atomic E-state index is -0.159. The zero-order valence-corrected chi connectivity index (χ0v) is 10.5. The largest absolute Gasteiger partial charge is 0.310 e. The fourth-order valence-corrected chi connectivity index (χ4v) is 1.72. The number of benzene rings is 1. The second kappa shape index (κ2) is 6.64. The van der Waals surface area contributed by atoms with Gasteiger partial charge in [-0.05, 0) is 49.9 Å². The maximum absolute atomic E-state index is 13.0. The lowest BCUT2D eigenvalue weighted by molar-refractivity contribution is 0.496. The first kappa shape index (κ1) is 13.2. The third-order valence-corrected chi connectivity index (χ3v) is 2.76. The smallest absolute Gasteiger partial charge is 0.123 e. The fraction of sp³-hybridized carbons (Fsp3) is 0.571. The minimum absolute atomic E-state index is 0.159. The van der Waals surface area contributed by atoms with E-state index in [1.807, 2.05) is 6.07 Å². The Bertz CT molecular complexity index is 309. The molecule has 0 aromatic heterocycles. The Morgan fingerprint density at radius 2 is 2.00 bits per heavy atom. The summed E-state index contributed by atoms with van der Waals surface area (Å²) < 4.78 is 13.0. The van der Waals surface area contributed by atoms with Crippen molar-refractivity contribution in [3.05, 3.63) is 35.6 Å². The molecule has 0 saturated heterocycles. The molecule has 1 rings (SSSR count). The number of hydrogen-bond acceptors (Lipinski definition) is 1. The highest BCUT2D eigenvalue weighted by Gasteiger charge is 2.05. The van der Waals surface area contributed by atoms with Gasteiger partial charge in [0.25, 0.3) is 0 Å². The summed E-state index contributed by atoms with van der Waals surface area (Å²) in [4.78, 5) is 0. The van der Waals surface area contributed by atoms with E-state index in [1.165, 1.54) is 18.9 Å². The Balaban J connectivity index is 2.32. The Labute approximate surface area is 98.1 Å². The third kappa shape index (κ3) is 4.75. The van der Waals surface area contributed by atoms with E-state index >= 15 is 0 Å². The van der Waals surface area contributed by atoms with E-state index in [0.29, 0.717) is 0 Å². The van der Waals surface area contributed by atoms with Gasteiger partial charge in [-0.2, -0.15) is 0 Å². The maximum Gasteiger partial charge on any atom is 0.123 e. The molecule has 1 aromatic rings. The van der Waals surface area contributed by atoms with Crippen molar-refractivity contribution in [2.24, 2.45) is 5.92 Å². The summed E-state index contributed by atoms with van der Waals surface area (Å²) in [6.45, 7) is 7.53. The molecule has 0 spiro atoms. The summed E-state index contributed by atoms with van der Waals surface area (Å²) in [5.74, 6) is 0.597. The molecule has 1 N–H and O–H groups in total. The Kier molecular flexibility index (Phi) is 5.47. The highest BCUT2D eigenvalue weighted by Crippen LogP contribution is 2.13. The molecule has 0 aliphatic carbocycles. The molecule has 0 fully saturated rings. The molecule has 0 radical (unpaired) electrons. The molecule has 1 aromatic carbocycles. The van der Waals surface area contributed by atoms with Gasteiger partial charge >= 0.3 is 0 Å². The molecule has 0 saturated carbocycles. The van der Waals surface area contributed by atoms with Crippen LogP contribution in [0.2, 0.25) is 0 Å². The van der Waals surface area contributed by atoms with Crippen LogP contribution in [-0.2, 0) is 0 Å². The summed E-state index contributed by atoms with van der Waals surface area (Å²) in [6.07, 6.45) is 2.42. The summed E-state index contributed by atoms with van der Waals surface area (Å²) in [5, 5.41) is 3.41. The number of rotatable bonds is 6. The second-order valence-electron chi connectivity index (χ2n) is 4.77. The molecular formula is C14H22FN. The summed E-state index contributed by atoms with van der Waals surface area (Å²) in [7, 11) is 0. The molecule has 0 aliphatic rings. The van der Waals surface area contributed by atoms with Crippen LogP contribution in [0.25, 0.3) is 0 Å². The predicted molar refractivity (Wildman–Crippen MR) is 66.9 cm³/mol. The molecule has 2 heteroatoms. The van der Waals surface area contributed by atoms with E-state index in [4.69, 9.17) is 0 Å². The Morgan fingerprint density at radius 1 is 1.25 bits per heavy atom. The number of nitrogens with one attached hydrogen (secondary N) is 1. The highest BCUT2D eigenvalue weighted by atomic mass is 19.1. The van der Waals surface area contributed by atoms with E-state index in [0.717, 1.165) is 18.0 Å². The van der Waals surface area contributed by atoms with Crippen LogP contribution in [-0.4, -0.2) is 6.54 Å². The summed E-state index contributed by atoms with van der Waals surface area (Å²) >= 11 is 0. The minimum Gasteiger partial charge on any atom is -0.310 e. The molecule has 0 amide bonds. The molecular weight excluding hydrogens is 201 g/mol.